The van der Waals surface area contributed by atoms with E-state index in [0.29, 0.717) is 59.6 Å². The monoisotopic (exact) mass is 568 g/mol. The van der Waals surface area contributed by atoms with Crippen LogP contribution in [0.15, 0.2) is 23.1 Å². The number of aromatic nitrogens is 3. The smallest absolute Gasteiger partial charge is 0.354 e. The molecule has 1 N–H and O–H groups in total. The van der Waals surface area contributed by atoms with Crippen molar-refractivity contribution in [1.82, 2.24) is 15.0 Å². The van der Waals surface area contributed by atoms with Gasteiger partial charge in [-0.15, -0.1) is 0 Å². The minimum Gasteiger partial charge on any atom is -0.468 e. The van der Waals surface area contributed by atoms with Crippen LogP contribution in [0.1, 0.15) is 29.2 Å². The molecule has 0 atom stereocenters. The Bertz CT molecular complexity index is 1220. The number of carbonyl (C=O) groups excluding carboxylic acids is 2. The molecular weight excluding hydrogens is 540 g/mol. The summed E-state index contributed by atoms with van der Waals surface area (Å²) in [7, 11) is 3.19. The summed E-state index contributed by atoms with van der Waals surface area (Å²) in [5, 5.41) is 4.31. The van der Waals surface area contributed by atoms with Crippen molar-refractivity contribution in [3.05, 3.63) is 39.0 Å². The standard InChI is InChI=1S/C11H14N4O4S.C11H14N2O4S/c1-3-18-10(16)9(14-15-12)6-8-7-13-11(20-8)19-5-4-17-2;1-3-16-10(14)7-6-8-9(12-7)13-11(18-8)17-5-4-15-2/h6-7H,3-5H2,1-2H3;6,12H,3-5H2,1-2H3/b9-6-;. The molecule has 0 aliphatic carbocycles. The Kier molecular flexibility index (Phi) is 13.6. The number of aromatic amines is 1. The lowest BCUT2D eigenvalue weighted by molar-refractivity contribution is -0.138. The Balaban J connectivity index is 0.000000268. The van der Waals surface area contributed by atoms with Gasteiger partial charge in [0.1, 0.15) is 24.6 Å². The maximum Gasteiger partial charge on any atom is 0.354 e. The van der Waals surface area contributed by atoms with Crippen molar-refractivity contribution in [3.63, 3.8) is 0 Å². The van der Waals surface area contributed by atoms with Gasteiger partial charge < -0.3 is 33.4 Å². The highest BCUT2D eigenvalue weighted by Crippen LogP contribution is 2.28. The fraction of sp³-hybridized carbons (Fsp3) is 0.455. The molecule has 0 amide bonds. The lowest BCUT2D eigenvalue weighted by atomic mass is 10.4. The highest BCUT2D eigenvalue weighted by atomic mass is 32.1. The van der Waals surface area contributed by atoms with Crippen LogP contribution in [0.2, 0.25) is 0 Å². The van der Waals surface area contributed by atoms with E-state index < -0.39 is 5.97 Å². The summed E-state index contributed by atoms with van der Waals surface area (Å²) in [5.74, 6) is -1.05. The number of azide groups is 1. The highest BCUT2D eigenvalue weighted by Gasteiger charge is 2.14. The van der Waals surface area contributed by atoms with Gasteiger partial charge in [-0.05, 0) is 31.5 Å². The number of ether oxygens (including phenoxy) is 6. The number of thiazole rings is 2. The van der Waals surface area contributed by atoms with Gasteiger partial charge in [0, 0.05) is 25.3 Å². The topological polar surface area (TPSA) is 180 Å². The van der Waals surface area contributed by atoms with Gasteiger partial charge >= 0.3 is 11.9 Å². The van der Waals surface area contributed by atoms with Gasteiger partial charge in [0.05, 0.1) is 36.0 Å². The van der Waals surface area contributed by atoms with Gasteiger partial charge in [0.2, 0.25) is 0 Å². The van der Waals surface area contributed by atoms with Crippen LogP contribution < -0.4 is 9.47 Å². The van der Waals surface area contributed by atoms with Gasteiger partial charge in [-0.3, -0.25) is 0 Å². The van der Waals surface area contributed by atoms with Crippen molar-refractivity contribution in [3.8, 4) is 10.4 Å². The van der Waals surface area contributed by atoms with Crippen LogP contribution in [-0.2, 0) is 23.7 Å². The van der Waals surface area contributed by atoms with Crippen LogP contribution in [-0.4, -0.2) is 80.8 Å². The summed E-state index contributed by atoms with van der Waals surface area (Å²) in [4.78, 5) is 37.4. The number of H-pyrrole nitrogens is 1. The zero-order valence-corrected chi connectivity index (χ0v) is 22.9. The molecule has 3 rings (SSSR count). The van der Waals surface area contributed by atoms with Crippen molar-refractivity contribution < 1.29 is 38.0 Å². The van der Waals surface area contributed by atoms with Crippen LogP contribution in [0.5, 0.6) is 10.4 Å². The number of methoxy groups -OCH3 is 2. The Morgan fingerprint density at radius 2 is 1.74 bits per heavy atom. The molecule has 0 fully saturated rings. The van der Waals surface area contributed by atoms with Crippen molar-refractivity contribution in [2.45, 2.75) is 13.8 Å². The Labute approximate surface area is 226 Å². The van der Waals surface area contributed by atoms with E-state index in [4.69, 9.17) is 34.0 Å². The van der Waals surface area contributed by atoms with Crippen LogP contribution in [0, 0.1) is 0 Å². The SMILES string of the molecule is CCOC(=O)/C(=C/c1cnc(OCCOC)s1)N=[N+]=[N-].CCOC(=O)c1cc2sc(OCCOC)nc2[nH]1. The molecule has 0 unspecified atom stereocenters. The fourth-order valence-electron chi connectivity index (χ4n) is 2.52. The number of fused-ring (bicyclic) bond motifs is 1. The van der Waals surface area contributed by atoms with E-state index >= 15 is 0 Å². The predicted molar refractivity (Wildman–Crippen MR) is 141 cm³/mol. The van der Waals surface area contributed by atoms with Crippen molar-refractivity contribution in [2.24, 2.45) is 5.11 Å². The van der Waals surface area contributed by atoms with E-state index in [2.05, 4.69) is 25.0 Å². The fourth-order valence-corrected chi connectivity index (χ4v) is 4.08. The number of hydrogen-bond donors (Lipinski definition) is 1. The zero-order valence-electron chi connectivity index (χ0n) is 21.3. The normalized spacial score (nSPS) is 10.8. The second-order valence-corrected chi connectivity index (χ2v) is 8.76. The Hall–Kier alpha value is -3.69. The molecule has 3 aromatic rings. The lowest BCUT2D eigenvalue weighted by Crippen LogP contribution is -2.05. The Morgan fingerprint density at radius 3 is 2.34 bits per heavy atom. The molecule has 0 aliphatic heterocycles. The summed E-state index contributed by atoms with van der Waals surface area (Å²) in [6, 6.07) is 1.72. The third-order valence-electron chi connectivity index (χ3n) is 4.10. The van der Waals surface area contributed by atoms with Crippen LogP contribution in [0.4, 0.5) is 0 Å². The van der Waals surface area contributed by atoms with E-state index in [1.165, 1.54) is 34.9 Å². The van der Waals surface area contributed by atoms with Gasteiger partial charge in [0.25, 0.3) is 10.4 Å². The van der Waals surface area contributed by atoms with E-state index in [1.54, 1.807) is 34.1 Å². The molecule has 0 aliphatic rings. The number of rotatable bonds is 14. The molecule has 38 heavy (non-hydrogen) atoms. The molecule has 0 aromatic carbocycles. The number of nitrogens with zero attached hydrogens (tertiary/aromatic N) is 5. The molecule has 0 spiro atoms. The first-order valence-electron chi connectivity index (χ1n) is 11.3. The van der Waals surface area contributed by atoms with Gasteiger partial charge in [0.15, 0.2) is 5.65 Å². The maximum atomic E-state index is 11.5. The summed E-state index contributed by atoms with van der Waals surface area (Å²) < 4.78 is 31.0. The van der Waals surface area contributed by atoms with Gasteiger partial charge in [-0.1, -0.05) is 27.8 Å². The first-order chi connectivity index (χ1) is 18.4. The van der Waals surface area contributed by atoms with E-state index in [-0.39, 0.29) is 18.3 Å². The van der Waals surface area contributed by atoms with E-state index in [1.807, 2.05) is 0 Å². The largest absolute Gasteiger partial charge is 0.468 e. The predicted octanol–water partition coefficient (Wildman–Crippen LogP) is 4.21. The van der Waals surface area contributed by atoms with E-state index in [0.717, 1.165) is 4.70 Å². The summed E-state index contributed by atoms with van der Waals surface area (Å²) >= 11 is 2.59. The van der Waals surface area contributed by atoms with Crippen LogP contribution in [0.25, 0.3) is 26.9 Å². The number of nitrogens with one attached hydrogen (secondary N) is 1. The van der Waals surface area contributed by atoms with Crippen LogP contribution in [0.3, 0.4) is 0 Å². The lowest BCUT2D eigenvalue weighted by Gasteiger charge is -2.00. The van der Waals surface area contributed by atoms with E-state index in [9.17, 15) is 9.59 Å². The summed E-state index contributed by atoms with van der Waals surface area (Å²) in [5.41, 5.74) is 9.36. The minimum absolute atomic E-state index is 0.124. The molecule has 0 radical (unpaired) electrons. The second-order valence-electron chi connectivity index (χ2n) is 6.75. The molecular formula is C22H28N6O8S2. The molecule has 0 saturated heterocycles. The van der Waals surface area contributed by atoms with Crippen LogP contribution >= 0.6 is 22.7 Å². The molecule has 0 saturated carbocycles. The zero-order chi connectivity index (χ0) is 27.8. The van der Waals surface area contributed by atoms with Crippen molar-refractivity contribution in [2.75, 3.05) is 53.9 Å². The average molecular weight is 569 g/mol. The van der Waals surface area contributed by atoms with Crippen molar-refractivity contribution in [1.29, 1.82) is 0 Å². The second kappa shape index (κ2) is 16.9. The summed E-state index contributed by atoms with van der Waals surface area (Å²) in [6.45, 7) is 5.80. The highest BCUT2D eigenvalue weighted by molar-refractivity contribution is 7.20. The third kappa shape index (κ3) is 9.99. The minimum atomic E-state index is -0.680. The maximum absolute atomic E-state index is 11.5. The quantitative estimate of drug-likeness (QED) is 0.0739. The number of carbonyl (C=O) groups is 2. The molecule has 206 valence electrons. The molecule has 0 bridgehead atoms. The molecule has 16 heteroatoms. The molecule has 14 nitrogen and oxygen atoms in total. The average Bonchev–Trinajstić information content (AvgIpc) is 3.60. The Morgan fingerprint density at radius 1 is 1.05 bits per heavy atom. The van der Waals surface area contributed by atoms with Gasteiger partial charge in [-0.25, -0.2) is 14.6 Å². The molecule has 3 heterocycles. The first-order valence-corrected chi connectivity index (χ1v) is 12.9. The number of hydrogen-bond acceptors (Lipinski definition) is 13. The molecule has 3 aromatic heterocycles. The summed E-state index contributed by atoms with van der Waals surface area (Å²) in [6.07, 6.45) is 2.91. The van der Waals surface area contributed by atoms with Gasteiger partial charge in [-0.2, -0.15) is 4.98 Å². The van der Waals surface area contributed by atoms with Crippen molar-refractivity contribution >= 4 is 51.0 Å². The number of esters is 2. The first kappa shape index (κ1) is 30.5. The third-order valence-corrected chi connectivity index (χ3v) is 5.87.